The number of nitrogens with one attached hydrogen (secondary N) is 1. The summed E-state index contributed by atoms with van der Waals surface area (Å²) in [7, 11) is 3.30. The van der Waals surface area contributed by atoms with E-state index in [-0.39, 0.29) is 23.8 Å². The van der Waals surface area contributed by atoms with Gasteiger partial charge in [-0.25, -0.2) is 9.97 Å². The summed E-state index contributed by atoms with van der Waals surface area (Å²) in [5.74, 6) is -1.48. The molecule has 0 radical (unpaired) electrons. The number of pyridine rings is 2. The maximum absolute atomic E-state index is 12.6. The van der Waals surface area contributed by atoms with Gasteiger partial charge < -0.3 is 14.7 Å². The summed E-state index contributed by atoms with van der Waals surface area (Å²) in [6, 6.07) is 8.23. The number of halogens is 3. The number of amides is 1. The predicted molar refractivity (Wildman–Crippen MR) is 113 cm³/mol. The quantitative estimate of drug-likeness (QED) is 0.452. The minimum absolute atomic E-state index is 0.199. The van der Waals surface area contributed by atoms with E-state index in [1.54, 1.807) is 50.8 Å². The van der Waals surface area contributed by atoms with Crippen molar-refractivity contribution < 1.29 is 22.5 Å². The van der Waals surface area contributed by atoms with E-state index in [0.29, 0.717) is 28.6 Å². The molecule has 10 nitrogen and oxygen atoms in total. The van der Waals surface area contributed by atoms with Crippen LogP contribution in [0.15, 0.2) is 53.4 Å². The molecule has 0 atom stereocenters. The number of nitrogens with zero attached hydrogens (tertiary/aromatic N) is 7. The van der Waals surface area contributed by atoms with E-state index in [4.69, 9.17) is 0 Å². The number of hydrogen-bond acceptors (Lipinski definition) is 9. The van der Waals surface area contributed by atoms with Crippen molar-refractivity contribution in [2.24, 2.45) is 0 Å². The van der Waals surface area contributed by atoms with Gasteiger partial charge in [0.05, 0.1) is 17.9 Å². The van der Waals surface area contributed by atoms with Crippen LogP contribution >= 0.6 is 0 Å². The Kier molecular flexibility index (Phi) is 6.17. The zero-order valence-corrected chi connectivity index (χ0v) is 17.9. The minimum atomic E-state index is -4.71. The Morgan fingerprint density at radius 3 is 2.38 bits per heavy atom. The highest BCUT2D eigenvalue weighted by Gasteiger charge is 2.38. The third-order valence-corrected chi connectivity index (χ3v) is 4.52. The molecule has 0 saturated carbocycles. The monoisotopic (exact) mass is 470 g/mol. The van der Waals surface area contributed by atoms with Gasteiger partial charge in [-0.2, -0.15) is 18.2 Å². The Bertz CT molecular complexity index is 1290. The van der Waals surface area contributed by atoms with E-state index in [2.05, 4.69) is 39.9 Å². The van der Waals surface area contributed by atoms with Gasteiger partial charge in [0.1, 0.15) is 5.69 Å². The number of alkyl halides is 3. The number of hydrogen-bond donors (Lipinski definition) is 1. The summed E-state index contributed by atoms with van der Waals surface area (Å²) in [6.07, 6.45) is -0.222. The summed E-state index contributed by atoms with van der Waals surface area (Å²) in [6.45, 7) is 0.262. The SMILES string of the molecule is CN(C)C(=O)c1ccc(-c2ccnc(NCc3ccc(-c4noc(C(F)(F)F)n4)cn3)n2)cn1. The van der Waals surface area contributed by atoms with Crippen LogP contribution in [0.1, 0.15) is 22.1 Å². The standard InChI is InChI=1S/C21H17F3N8O2/c1-32(2)18(33)16-6-4-12(9-27-16)15-7-8-25-20(29-15)28-11-14-5-3-13(10-26-14)17-30-19(34-31-17)21(22,23)24/h3-10H,11H2,1-2H3,(H,25,28,29). The van der Waals surface area contributed by atoms with E-state index in [0.717, 1.165) is 0 Å². The fourth-order valence-corrected chi connectivity index (χ4v) is 2.79. The average molecular weight is 470 g/mol. The number of carbonyl (C=O) groups is 1. The van der Waals surface area contributed by atoms with Gasteiger partial charge >= 0.3 is 12.1 Å². The molecule has 4 heterocycles. The highest BCUT2D eigenvalue weighted by molar-refractivity contribution is 5.92. The first kappa shape index (κ1) is 22.8. The zero-order valence-electron chi connectivity index (χ0n) is 17.9. The molecule has 0 aliphatic rings. The molecule has 0 spiro atoms. The van der Waals surface area contributed by atoms with E-state index < -0.39 is 12.1 Å². The fourth-order valence-electron chi connectivity index (χ4n) is 2.79. The van der Waals surface area contributed by atoms with Gasteiger partial charge in [0.25, 0.3) is 5.91 Å². The lowest BCUT2D eigenvalue weighted by Gasteiger charge is -2.10. The molecule has 4 aromatic rings. The molecule has 0 saturated heterocycles. The van der Waals surface area contributed by atoms with Crippen molar-refractivity contribution in [3.63, 3.8) is 0 Å². The Hall–Kier alpha value is -4.42. The first-order valence-corrected chi connectivity index (χ1v) is 9.82. The lowest BCUT2D eigenvalue weighted by atomic mass is 10.2. The Morgan fingerprint density at radius 2 is 1.76 bits per heavy atom. The normalized spacial score (nSPS) is 11.3. The van der Waals surface area contributed by atoms with Crippen molar-refractivity contribution in [1.29, 1.82) is 0 Å². The Balaban J connectivity index is 1.41. The van der Waals surface area contributed by atoms with Crippen molar-refractivity contribution >= 4 is 11.9 Å². The molecule has 4 rings (SSSR count). The molecule has 0 fully saturated rings. The third-order valence-electron chi connectivity index (χ3n) is 4.52. The van der Waals surface area contributed by atoms with Crippen molar-refractivity contribution in [2.45, 2.75) is 12.7 Å². The molecule has 0 aliphatic heterocycles. The van der Waals surface area contributed by atoms with E-state index >= 15 is 0 Å². The van der Waals surface area contributed by atoms with Crippen LogP contribution in [0.25, 0.3) is 22.6 Å². The molecule has 4 aromatic heterocycles. The largest absolute Gasteiger partial charge is 0.471 e. The predicted octanol–water partition coefficient (Wildman–Crippen LogP) is 3.32. The van der Waals surface area contributed by atoms with Gasteiger partial charge in [-0.15, -0.1) is 0 Å². The molecule has 0 aromatic carbocycles. The van der Waals surface area contributed by atoms with Crippen LogP contribution in [0.4, 0.5) is 19.1 Å². The smallest absolute Gasteiger partial charge is 0.349 e. The summed E-state index contributed by atoms with van der Waals surface area (Å²) in [4.78, 5) is 33.7. The molecule has 1 amide bonds. The fraction of sp³-hybridized carbons (Fsp3) is 0.190. The maximum Gasteiger partial charge on any atom is 0.471 e. The number of anilines is 1. The van der Waals surface area contributed by atoms with Gasteiger partial charge in [-0.05, 0) is 30.3 Å². The summed E-state index contributed by atoms with van der Waals surface area (Å²) >= 11 is 0. The van der Waals surface area contributed by atoms with Crippen LogP contribution in [0.3, 0.4) is 0 Å². The summed E-state index contributed by atoms with van der Waals surface area (Å²) < 4.78 is 42.1. The van der Waals surface area contributed by atoms with Gasteiger partial charge in [0.15, 0.2) is 0 Å². The van der Waals surface area contributed by atoms with Gasteiger partial charge in [-0.3, -0.25) is 14.8 Å². The molecule has 0 aliphatic carbocycles. The van der Waals surface area contributed by atoms with Crippen molar-refractivity contribution in [2.75, 3.05) is 19.4 Å². The second-order valence-corrected chi connectivity index (χ2v) is 7.21. The zero-order chi connectivity index (χ0) is 24.3. The second-order valence-electron chi connectivity index (χ2n) is 7.21. The first-order valence-electron chi connectivity index (χ1n) is 9.82. The molecule has 0 bridgehead atoms. The van der Waals surface area contributed by atoms with Crippen LogP contribution in [0, 0.1) is 0 Å². The molecular formula is C21H17F3N8O2. The van der Waals surface area contributed by atoms with Gasteiger partial charge in [-0.1, -0.05) is 5.16 Å². The molecular weight excluding hydrogens is 453 g/mol. The number of rotatable bonds is 6. The first-order chi connectivity index (χ1) is 16.2. The van der Waals surface area contributed by atoms with Crippen LogP contribution < -0.4 is 5.32 Å². The summed E-state index contributed by atoms with van der Waals surface area (Å²) in [5, 5.41) is 6.36. The molecule has 0 unspecified atom stereocenters. The maximum atomic E-state index is 12.6. The number of carbonyl (C=O) groups excluding carboxylic acids is 1. The Morgan fingerprint density at radius 1 is 1.00 bits per heavy atom. The highest BCUT2D eigenvalue weighted by Crippen LogP contribution is 2.29. The Labute approximate surface area is 190 Å². The minimum Gasteiger partial charge on any atom is -0.349 e. The van der Waals surface area contributed by atoms with Crippen LogP contribution in [0.5, 0.6) is 0 Å². The lowest BCUT2D eigenvalue weighted by molar-refractivity contribution is -0.159. The topological polar surface area (TPSA) is 123 Å². The lowest BCUT2D eigenvalue weighted by Crippen LogP contribution is -2.22. The highest BCUT2D eigenvalue weighted by atomic mass is 19.4. The average Bonchev–Trinajstić information content (AvgIpc) is 3.34. The molecule has 1 N–H and O–H groups in total. The molecule has 174 valence electrons. The van der Waals surface area contributed by atoms with Crippen molar-refractivity contribution in [3.05, 3.63) is 66.2 Å². The van der Waals surface area contributed by atoms with Crippen LogP contribution in [-0.2, 0) is 12.7 Å². The molecule has 34 heavy (non-hydrogen) atoms. The van der Waals surface area contributed by atoms with Crippen LogP contribution in [-0.4, -0.2) is 55.0 Å². The van der Waals surface area contributed by atoms with E-state index in [1.807, 2.05) is 0 Å². The summed E-state index contributed by atoms with van der Waals surface area (Å²) in [5.41, 5.74) is 2.51. The van der Waals surface area contributed by atoms with Crippen molar-refractivity contribution in [1.82, 2.24) is 35.0 Å². The third kappa shape index (κ3) is 5.14. The second kappa shape index (κ2) is 9.21. The van der Waals surface area contributed by atoms with Gasteiger partial charge in [0, 0.05) is 43.8 Å². The van der Waals surface area contributed by atoms with Crippen LogP contribution in [0.2, 0.25) is 0 Å². The van der Waals surface area contributed by atoms with Gasteiger partial charge in [0.2, 0.25) is 11.8 Å². The molecule has 13 heteroatoms. The van der Waals surface area contributed by atoms with E-state index in [1.165, 1.54) is 17.2 Å². The number of aromatic nitrogens is 6. The van der Waals surface area contributed by atoms with E-state index in [9.17, 15) is 18.0 Å². The van der Waals surface area contributed by atoms with Crippen molar-refractivity contribution in [3.8, 4) is 22.6 Å².